The van der Waals surface area contributed by atoms with Crippen LogP contribution in [0.25, 0.3) is 60.8 Å². The summed E-state index contributed by atoms with van der Waals surface area (Å²) in [6.07, 6.45) is 0.983. The molecule has 8 aromatic rings. The maximum atomic E-state index is 5.14. The number of hydrogen-bond donors (Lipinski definition) is 0. The van der Waals surface area contributed by atoms with E-state index in [-0.39, 0.29) is 0 Å². The fraction of sp³-hybridized carbons (Fsp3) is 0.0513. The minimum absolute atomic E-state index is 0.670. The molecule has 198 valence electrons. The average molecular weight is 538 g/mol. The van der Waals surface area contributed by atoms with Crippen LogP contribution in [0, 0.1) is 0 Å². The van der Waals surface area contributed by atoms with E-state index in [4.69, 9.17) is 4.98 Å². The van der Waals surface area contributed by atoms with E-state index in [1.54, 1.807) is 0 Å². The molecule has 3 heteroatoms. The van der Waals surface area contributed by atoms with E-state index in [0.717, 1.165) is 29.0 Å². The highest BCUT2D eigenvalue weighted by Gasteiger charge is 2.22. The summed E-state index contributed by atoms with van der Waals surface area (Å²) in [5.74, 6) is 1.02. The number of imidazole rings is 1. The molecule has 1 aliphatic carbocycles. The van der Waals surface area contributed by atoms with Crippen molar-refractivity contribution < 1.29 is 0 Å². The number of rotatable bonds is 4. The third-order valence-electron chi connectivity index (χ3n) is 8.88. The van der Waals surface area contributed by atoms with Crippen LogP contribution in [0.3, 0.4) is 0 Å². The number of aromatic nitrogens is 3. The Morgan fingerprint density at radius 3 is 2.19 bits per heavy atom. The summed E-state index contributed by atoms with van der Waals surface area (Å²) in [4.78, 5) is 5.14. The molecular formula is C39H27N3. The molecule has 2 aromatic heterocycles. The summed E-state index contributed by atoms with van der Waals surface area (Å²) < 4.78 is 4.73. The third-order valence-corrected chi connectivity index (χ3v) is 8.88. The fourth-order valence-electron chi connectivity index (χ4n) is 7.01. The molecule has 3 nitrogen and oxygen atoms in total. The van der Waals surface area contributed by atoms with Crippen molar-refractivity contribution in [2.75, 3.05) is 0 Å². The molecule has 0 radical (unpaired) electrons. The van der Waals surface area contributed by atoms with Crippen LogP contribution in [0.5, 0.6) is 0 Å². The molecule has 0 unspecified atom stereocenters. The third kappa shape index (κ3) is 3.44. The minimum atomic E-state index is 0.670. The van der Waals surface area contributed by atoms with Gasteiger partial charge in [0.2, 0.25) is 0 Å². The van der Waals surface area contributed by atoms with Gasteiger partial charge in [-0.3, -0.25) is 4.57 Å². The van der Waals surface area contributed by atoms with Gasteiger partial charge in [0.05, 0.1) is 17.6 Å². The fourth-order valence-corrected chi connectivity index (χ4v) is 7.01. The van der Waals surface area contributed by atoms with Crippen LogP contribution in [0.4, 0.5) is 0 Å². The monoisotopic (exact) mass is 537 g/mol. The molecule has 1 aliphatic rings. The van der Waals surface area contributed by atoms with Gasteiger partial charge in [-0.15, -0.1) is 0 Å². The highest BCUT2D eigenvalue weighted by Crippen LogP contribution is 2.42. The molecule has 0 atom stereocenters. The Bertz CT molecular complexity index is 2300. The van der Waals surface area contributed by atoms with Gasteiger partial charge in [-0.05, 0) is 82.3 Å². The standard InChI is InChI=1S/C39H27N3/c1-2-12-28(13-3-1)42-38-20-9-7-18-35(38)40-39(42)25-41-36-19-8-6-15-32(36)34-24-27(21-22-37(34)41)30-16-10-17-31-29-14-5-4-11-26(29)23-33(30)31/h1-22,24H,23,25H2. The number of hydrogen-bond acceptors (Lipinski definition) is 1. The normalized spacial score (nSPS) is 12.3. The largest absolute Gasteiger partial charge is 0.333 e. The number of fused-ring (bicyclic) bond motifs is 7. The van der Waals surface area contributed by atoms with Crippen LogP contribution >= 0.6 is 0 Å². The van der Waals surface area contributed by atoms with Gasteiger partial charge < -0.3 is 4.57 Å². The van der Waals surface area contributed by atoms with Crippen molar-refractivity contribution in [1.82, 2.24) is 14.1 Å². The predicted molar refractivity (Wildman–Crippen MR) is 173 cm³/mol. The van der Waals surface area contributed by atoms with Crippen molar-refractivity contribution in [3.05, 3.63) is 156 Å². The molecule has 0 amide bonds. The minimum Gasteiger partial charge on any atom is -0.333 e. The predicted octanol–water partition coefficient (Wildman–Crippen LogP) is 9.42. The van der Waals surface area contributed by atoms with Crippen molar-refractivity contribution in [2.24, 2.45) is 0 Å². The van der Waals surface area contributed by atoms with Crippen molar-refractivity contribution >= 4 is 32.8 Å². The summed E-state index contributed by atoms with van der Waals surface area (Å²) in [5.41, 5.74) is 13.9. The molecule has 0 saturated heterocycles. The molecule has 42 heavy (non-hydrogen) atoms. The molecule has 0 fully saturated rings. The van der Waals surface area contributed by atoms with Crippen LogP contribution in [0.1, 0.15) is 17.0 Å². The highest BCUT2D eigenvalue weighted by molar-refractivity contribution is 6.09. The lowest BCUT2D eigenvalue weighted by Crippen LogP contribution is -2.07. The van der Waals surface area contributed by atoms with Crippen LogP contribution in [-0.2, 0) is 13.0 Å². The highest BCUT2D eigenvalue weighted by atomic mass is 15.1. The zero-order chi connectivity index (χ0) is 27.6. The molecule has 0 N–H and O–H groups in total. The van der Waals surface area contributed by atoms with Gasteiger partial charge in [-0.25, -0.2) is 4.98 Å². The lowest BCUT2D eigenvalue weighted by atomic mass is 9.95. The number of para-hydroxylation sites is 4. The molecule has 0 bridgehead atoms. The van der Waals surface area contributed by atoms with Crippen molar-refractivity contribution in [3.8, 4) is 27.9 Å². The zero-order valence-electron chi connectivity index (χ0n) is 23.0. The van der Waals surface area contributed by atoms with Crippen LogP contribution in [0.2, 0.25) is 0 Å². The summed E-state index contributed by atoms with van der Waals surface area (Å²) in [7, 11) is 0. The van der Waals surface area contributed by atoms with E-state index in [0.29, 0.717) is 6.54 Å². The van der Waals surface area contributed by atoms with Gasteiger partial charge in [-0.1, -0.05) is 97.1 Å². The van der Waals surface area contributed by atoms with Gasteiger partial charge >= 0.3 is 0 Å². The van der Waals surface area contributed by atoms with Gasteiger partial charge in [0, 0.05) is 27.5 Å². The Labute approximate surface area is 243 Å². The van der Waals surface area contributed by atoms with Crippen molar-refractivity contribution in [3.63, 3.8) is 0 Å². The molecule has 6 aromatic carbocycles. The number of nitrogens with zero attached hydrogens (tertiary/aromatic N) is 3. The van der Waals surface area contributed by atoms with E-state index in [9.17, 15) is 0 Å². The molecule has 0 spiro atoms. The van der Waals surface area contributed by atoms with E-state index in [1.165, 1.54) is 55.2 Å². The molecular weight excluding hydrogens is 510 g/mol. The van der Waals surface area contributed by atoms with Crippen LogP contribution in [-0.4, -0.2) is 14.1 Å². The Balaban J connectivity index is 1.22. The van der Waals surface area contributed by atoms with Crippen molar-refractivity contribution in [1.29, 1.82) is 0 Å². The first-order chi connectivity index (χ1) is 20.8. The Morgan fingerprint density at radius 2 is 1.26 bits per heavy atom. The van der Waals surface area contributed by atoms with Gasteiger partial charge in [0.25, 0.3) is 0 Å². The Morgan fingerprint density at radius 1 is 0.548 bits per heavy atom. The van der Waals surface area contributed by atoms with E-state index in [1.807, 2.05) is 0 Å². The second-order valence-electron chi connectivity index (χ2n) is 11.2. The number of benzene rings is 6. The zero-order valence-corrected chi connectivity index (χ0v) is 23.0. The topological polar surface area (TPSA) is 22.8 Å². The lowest BCUT2D eigenvalue weighted by Gasteiger charge is -2.12. The quantitative estimate of drug-likeness (QED) is 0.219. The molecule has 9 rings (SSSR count). The summed E-state index contributed by atoms with van der Waals surface area (Å²) in [6.45, 7) is 0.670. The lowest BCUT2D eigenvalue weighted by molar-refractivity contribution is 0.780. The first-order valence-electron chi connectivity index (χ1n) is 14.6. The maximum absolute atomic E-state index is 5.14. The Hall–Kier alpha value is -5.41. The average Bonchev–Trinajstić information content (AvgIpc) is 3.71. The van der Waals surface area contributed by atoms with Gasteiger partial charge in [0.15, 0.2) is 0 Å². The first kappa shape index (κ1) is 23.3. The van der Waals surface area contributed by atoms with E-state index < -0.39 is 0 Å². The van der Waals surface area contributed by atoms with Crippen molar-refractivity contribution in [2.45, 2.75) is 13.0 Å². The smallest absolute Gasteiger partial charge is 0.134 e. The summed E-state index contributed by atoms with van der Waals surface area (Å²) in [5, 5.41) is 2.55. The van der Waals surface area contributed by atoms with Crippen LogP contribution < -0.4 is 0 Å². The van der Waals surface area contributed by atoms with Gasteiger partial charge in [-0.2, -0.15) is 0 Å². The summed E-state index contributed by atoms with van der Waals surface area (Å²) in [6, 6.07) is 50.3. The maximum Gasteiger partial charge on any atom is 0.134 e. The van der Waals surface area contributed by atoms with E-state index in [2.05, 4.69) is 149 Å². The molecule has 0 aliphatic heterocycles. The van der Waals surface area contributed by atoms with E-state index >= 15 is 0 Å². The SMILES string of the molecule is c1ccc(-n2c(Cn3c4ccccc4c4cc(-c5cccc6c5Cc5ccccc5-6)ccc43)nc3ccccc32)cc1. The Kier molecular flexibility index (Phi) is 5.02. The second kappa shape index (κ2) is 9.05. The summed E-state index contributed by atoms with van der Waals surface area (Å²) >= 11 is 0. The molecule has 2 heterocycles. The van der Waals surface area contributed by atoms with Gasteiger partial charge in [0.1, 0.15) is 5.82 Å². The van der Waals surface area contributed by atoms with Crippen LogP contribution in [0.15, 0.2) is 140 Å². The molecule has 0 saturated carbocycles. The second-order valence-corrected chi connectivity index (χ2v) is 11.2. The first-order valence-corrected chi connectivity index (χ1v) is 14.6.